The zero-order valence-corrected chi connectivity index (χ0v) is 14.3. The highest BCUT2D eigenvalue weighted by Gasteiger charge is 2.26. The summed E-state index contributed by atoms with van der Waals surface area (Å²) in [4.78, 5) is 42.8. The molecular formula is C17H24N4O4. The molecule has 0 saturated carbocycles. The van der Waals surface area contributed by atoms with E-state index in [1.54, 1.807) is 21.9 Å². The Labute approximate surface area is 146 Å². The molecule has 0 unspecified atom stereocenters. The summed E-state index contributed by atoms with van der Waals surface area (Å²) in [6.45, 7) is 5.99. The Kier molecular flexibility index (Phi) is 5.70. The van der Waals surface area contributed by atoms with Gasteiger partial charge in [0.15, 0.2) is 5.76 Å². The summed E-state index contributed by atoms with van der Waals surface area (Å²) in [6, 6.07) is 3.35. The van der Waals surface area contributed by atoms with Crippen molar-refractivity contribution in [2.45, 2.75) is 6.42 Å². The number of carbonyl (C=O) groups excluding carboxylic acids is 3. The van der Waals surface area contributed by atoms with E-state index in [0.29, 0.717) is 38.4 Å². The predicted molar refractivity (Wildman–Crippen MR) is 89.9 cm³/mol. The van der Waals surface area contributed by atoms with Gasteiger partial charge >= 0.3 is 0 Å². The van der Waals surface area contributed by atoms with Crippen molar-refractivity contribution in [2.24, 2.45) is 0 Å². The third-order valence-electron chi connectivity index (χ3n) is 4.85. The summed E-state index contributed by atoms with van der Waals surface area (Å²) in [7, 11) is 0. The lowest BCUT2D eigenvalue weighted by molar-refractivity contribution is -0.133. The number of nitrogens with zero attached hydrogens (tertiary/aromatic N) is 4. The molecule has 0 spiro atoms. The maximum atomic E-state index is 12.4. The van der Waals surface area contributed by atoms with E-state index in [9.17, 15) is 14.4 Å². The number of hydrogen-bond acceptors (Lipinski definition) is 5. The van der Waals surface area contributed by atoms with Crippen LogP contribution in [0.5, 0.6) is 0 Å². The van der Waals surface area contributed by atoms with E-state index < -0.39 is 0 Å². The SMILES string of the molecule is O=CN1CCN(CCC(=O)N2CCN(C(=O)c3ccco3)CC2)CC1. The number of furan rings is 1. The molecule has 1 aromatic heterocycles. The van der Waals surface area contributed by atoms with Gasteiger partial charge in [-0.05, 0) is 12.1 Å². The second-order valence-electron chi connectivity index (χ2n) is 6.38. The zero-order valence-electron chi connectivity index (χ0n) is 14.3. The Balaban J connectivity index is 1.38. The van der Waals surface area contributed by atoms with Gasteiger partial charge in [0, 0.05) is 65.3 Å². The molecule has 0 atom stereocenters. The Morgan fingerprint density at radius 3 is 2.28 bits per heavy atom. The molecule has 0 bridgehead atoms. The van der Waals surface area contributed by atoms with Crippen LogP contribution in [0.15, 0.2) is 22.8 Å². The van der Waals surface area contributed by atoms with Crippen LogP contribution in [0, 0.1) is 0 Å². The fraction of sp³-hybridized carbons (Fsp3) is 0.588. The predicted octanol–water partition coefficient (Wildman–Crippen LogP) is -0.272. The van der Waals surface area contributed by atoms with Crippen molar-refractivity contribution >= 4 is 18.2 Å². The van der Waals surface area contributed by atoms with Crippen molar-refractivity contribution in [3.63, 3.8) is 0 Å². The number of hydrogen-bond donors (Lipinski definition) is 0. The quantitative estimate of drug-likeness (QED) is 0.685. The van der Waals surface area contributed by atoms with Gasteiger partial charge in [0.1, 0.15) is 0 Å². The average Bonchev–Trinajstić information content (AvgIpc) is 3.21. The summed E-state index contributed by atoms with van der Waals surface area (Å²) in [6.07, 6.45) is 2.85. The minimum atomic E-state index is -0.120. The summed E-state index contributed by atoms with van der Waals surface area (Å²) in [5.74, 6) is 0.349. The van der Waals surface area contributed by atoms with E-state index in [0.717, 1.165) is 39.1 Å². The summed E-state index contributed by atoms with van der Waals surface area (Å²) in [5.41, 5.74) is 0. The van der Waals surface area contributed by atoms with Crippen LogP contribution in [0.3, 0.4) is 0 Å². The molecular weight excluding hydrogens is 324 g/mol. The van der Waals surface area contributed by atoms with E-state index in [1.165, 1.54) is 6.26 Å². The first kappa shape index (κ1) is 17.5. The van der Waals surface area contributed by atoms with Gasteiger partial charge < -0.3 is 19.1 Å². The van der Waals surface area contributed by atoms with Crippen LogP contribution < -0.4 is 0 Å². The monoisotopic (exact) mass is 348 g/mol. The molecule has 3 rings (SSSR count). The first-order valence-corrected chi connectivity index (χ1v) is 8.69. The van der Waals surface area contributed by atoms with Crippen molar-refractivity contribution in [1.82, 2.24) is 19.6 Å². The Bertz CT molecular complexity index is 588. The van der Waals surface area contributed by atoms with E-state index in [-0.39, 0.29) is 11.8 Å². The van der Waals surface area contributed by atoms with Gasteiger partial charge in [-0.15, -0.1) is 0 Å². The van der Waals surface area contributed by atoms with Crippen LogP contribution in [0.25, 0.3) is 0 Å². The van der Waals surface area contributed by atoms with Crippen molar-refractivity contribution in [3.05, 3.63) is 24.2 Å². The minimum Gasteiger partial charge on any atom is -0.459 e. The summed E-state index contributed by atoms with van der Waals surface area (Å²) >= 11 is 0. The number of amides is 3. The summed E-state index contributed by atoms with van der Waals surface area (Å²) < 4.78 is 5.14. The zero-order chi connectivity index (χ0) is 17.6. The standard InChI is InChI=1S/C17H24N4O4/c22-14-19-7-5-18(6-8-19)4-3-16(23)20-9-11-21(12-10-20)17(24)15-2-1-13-25-15/h1-2,13-14H,3-12H2. The topological polar surface area (TPSA) is 77.3 Å². The van der Waals surface area contributed by atoms with Crippen molar-refractivity contribution in [2.75, 3.05) is 58.9 Å². The Morgan fingerprint density at radius 2 is 1.68 bits per heavy atom. The minimum absolute atomic E-state index is 0.120. The lowest BCUT2D eigenvalue weighted by Gasteiger charge is -2.35. The average molecular weight is 348 g/mol. The molecule has 1 aromatic rings. The third kappa shape index (κ3) is 4.39. The molecule has 3 heterocycles. The first-order valence-electron chi connectivity index (χ1n) is 8.69. The highest BCUT2D eigenvalue weighted by atomic mass is 16.3. The molecule has 8 nitrogen and oxygen atoms in total. The van der Waals surface area contributed by atoms with Gasteiger partial charge in [0.25, 0.3) is 5.91 Å². The van der Waals surface area contributed by atoms with E-state index >= 15 is 0 Å². The highest BCUT2D eigenvalue weighted by molar-refractivity contribution is 5.91. The van der Waals surface area contributed by atoms with Gasteiger partial charge in [-0.1, -0.05) is 0 Å². The van der Waals surface area contributed by atoms with Crippen molar-refractivity contribution in [1.29, 1.82) is 0 Å². The van der Waals surface area contributed by atoms with E-state index in [4.69, 9.17) is 4.42 Å². The molecule has 25 heavy (non-hydrogen) atoms. The molecule has 8 heteroatoms. The second-order valence-corrected chi connectivity index (χ2v) is 6.38. The van der Waals surface area contributed by atoms with Gasteiger partial charge in [-0.25, -0.2) is 0 Å². The fourth-order valence-electron chi connectivity index (χ4n) is 3.22. The van der Waals surface area contributed by atoms with Gasteiger partial charge in [-0.3, -0.25) is 19.3 Å². The van der Waals surface area contributed by atoms with Crippen LogP contribution in [-0.4, -0.2) is 96.7 Å². The van der Waals surface area contributed by atoms with Crippen LogP contribution in [-0.2, 0) is 9.59 Å². The molecule has 0 aliphatic carbocycles. The van der Waals surface area contributed by atoms with Crippen LogP contribution in [0.2, 0.25) is 0 Å². The Morgan fingerprint density at radius 1 is 1.00 bits per heavy atom. The highest BCUT2D eigenvalue weighted by Crippen LogP contribution is 2.10. The normalized spacial score (nSPS) is 19.1. The number of rotatable bonds is 5. The maximum Gasteiger partial charge on any atom is 0.289 e. The number of piperazine rings is 2. The lowest BCUT2D eigenvalue weighted by atomic mass is 10.2. The smallest absolute Gasteiger partial charge is 0.289 e. The van der Waals surface area contributed by atoms with Crippen molar-refractivity contribution < 1.29 is 18.8 Å². The van der Waals surface area contributed by atoms with Gasteiger partial charge in [0.05, 0.1) is 6.26 Å². The first-order chi connectivity index (χ1) is 12.2. The molecule has 0 radical (unpaired) electrons. The molecule has 2 aliphatic heterocycles. The maximum absolute atomic E-state index is 12.4. The Hall–Kier alpha value is -2.35. The van der Waals surface area contributed by atoms with Gasteiger partial charge in [0.2, 0.25) is 12.3 Å². The molecule has 3 amide bonds. The molecule has 2 saturated heterocycles. The second kappa shape index (κ2) is 8.15. The van der Waals surface area contributed by atoms with Gasteiger partial charge in [-0.2, -0.15) is 0 Å². The molecule has 136 valence electrons. The van der Waals surface area contributed by atoms with Crippen LogP contribution in [0.4, 0.5) is 0 Å². The fourth-order valence-corrected chi connectivity index (χ4v) is 3.22. The third-order valence-corrected chi connectivity index (χ3v) is 4.85. The summed E-state index contributed by atoms with van der Waals surface area (Å²) in [5, 5.41) is 0. The van der Waals surface area contributed by atoms with E-state index in [2.05, 4.69) is 4.90 Å². The van der Waals surface area contributed by atoms with Crippen molar-refractivity contribution in [3.8, 4) is 0 Å². The molecule has 0 aromatic carbocycles. The van der Waals surface area contributed by atoms with Crippen LogP contribution in [0.1, 0.15) is 17.0 Å². The lowest BCUT2D eigenvalue weighted by Crippen LogP contribution is -2.51. The molecule has 2 fully saturated rings. The van der Waals surface area contributed by atoms with Crippen LogP contribution >= 0.6 is 0 Å². The molecule has 0 N–H and O–H groups in total. The largest absolute Gasteiger partial charge is 0.459 e. The molecule has 2 aliphatic rings. The number of carbonyl (C=O) groups is 3. The van der Waals surface area contributed by atoms with E-state index in [1.807, 2.05) is 4.90 Å².